The Labute approximate surface area is 151 Å². The fourth-order valence-electron chi connectivity index (χ4n) is 2.03. The monoisotopic (exact) mass is 402 g/mol. The summed E-state index contributed by atoms with van der Waals surface area (Å²) in [4.78, 5) is 12.1. The number of hydrogen-bond acceptors (Lipinski definition) is 4. The third-order valence-electron chi connectivity index (χ3n) is 3.30. The van der Waals surface area contributed by atoms with Crippen LogP contribution in [0.4, 0.5) is 4.39 Å². The number of aromatic nitrogens is 2. The van der Waals surface area contributed by atoms with Crippen LogP contribution in [0.25, 0.3) is 11.3 Å². The van der Waals surface area contributed by atoms with Crippen LogP contribution >= 0.6 is 27.7 Å². The minimum Gasteiger partial charge on any atom is -0.293 e. The Morgan fingerprint density at radius 2 is 1.67 bits per heavy atom. The number of benzene rings is 2. The number of thioether (sulfide) groups is 1. The maximum Gasteiger partial charge on any atom is 0.173 e. The van der Waals surface area contributed by atoms with Crippen LogP contribution in [0.15, 0.2) is 70.2 Å². The molecule has 0 bridgehead atoms. The van der Waals surface area contributed by atoms with Crippen LogP contribution in [0, 0.1) is 5.82 Å². The highest BCUT2D eigenvalue weighted by atomic mass is 79.9. The van der Waals surface area contributed by atoms with Gasteiger partial charge in [0.2, 0.25) is 0 Å². The summed E-state index contributed by atoms with van der Waals surface area (Å²) in [5.41, 5.74) is 2.24. The average molecular weight is 403 g/mol. The van der Waals surface area contributed by atoms with Gasteiger partial charge in [-0.3, -0.25) is 4.79 Å². The van der Waals surface area contributed by atoms with Crippen molar-refractivity contribution in [3.8, 4) is 11.3 Å². The molecule has 1 aromatic heterocycles. The topological polar surface area (TPSA) is 42.9 Å². The predicted octanol–water partition coefficient (Wildman–Crippen LogP) is 5.02. The van der Waals surface area contributed by atoms with Gasteiger partial charge in [0.15, 0.2) is 5.78 Å². The standard InChI is InChI=1S/C18H12BrFN2OS/c19-14-5-1-12(2-6-14)16-9-10-18(22-21-16)24-11-17(23)13-3-7-15(20)8-4-13/h1-10H,11H2. The van der Waals surface area contributed by atoms with Crippen molar-refractivity contribution in [2.45, 2.75) is 5.03 Å². The highest BCUT2D eigenvalue weighted by Crippen LogP contribution is 2.22. The molecule has 0 atom stereocenters. The largest absolute Gasteiger partial charge is 0.293 e. The van der Waals surface area contributed by atoms with E-state index in [1.54, 1.807) is 0 Å². The van der Waals surface area contributed by atoms with Crippen LogP contribution in [0.2, 0.25) is 0 Å². The van der Waals surface area contributed by atoms with E-state index in [0.717, 1.165) is 15.7 Å². The number of hydrogen-bond donors (Lipinski definition) is 0. The second-order valence-electron chi connectivity index (χ2n) is 4.98. The predicted molar refractivity (Wildman–Crippen MR) is 96.6 cm³/mol. The summed E-state index contributed by atoms with van der Waals surface area (Å²) < 4.78 is 13.9. The van der Waals surface area contributed by atoms with Crippen LogP contribution in [0.5, 0.6) is 0 Å². The lowest BCUT2D eigenvalue weighted by Crippen LogP contribution is -2.02. The lowest BCUT2D eigenvalue weighted by Gasteiger charge is -2.03. The molecule has 0 N–H and O–H groups in total. The van der Waals surface area contributed by atoms with Gasteiger partial charge in [0.25, 0.3) is 0 Å². The van der Waals surface area contributed by atoms with Crippen molar-refractivity contribution in [2.24, 2.45) is 0 Å². The van der Waals surface area contributed by atoms with Gasteiger partial charge in [0, 0.05) is 15.6 Å². The van der Waals surface area contributed by atoms with E-state index < -0.39 is 0 Å². The van der Waals surface area contributed by atoms with E-state index in [-0.39, 0.29) is 17.4 Å². The minimum absolute atomic E-state index is 0.0706. The molecule has 120 valence electrons. The third kappa shape index (κ3) is 4.27. The van der Waals surface area contributed by atoms with Crippen LogP contribution < -0.4 is 0 Å². The zero-order valence-corrected chi connectivity index (χ0v) is 14.8. The normalized spacial score (nSPS) is 10.6. The molecule has 3 rings (SSSR count). The number of ketones is 1. The van der Waals surface area contributed by atoms with Gasteiger partial charge in [-0.25, -0.2) is 4.39 Å². The SMILES string of the molecule is O=C(CSc1ccc(-c2ccc(Br)cc2)nn1)c1ccc(F)cc1. The van der Waals surface area contributed by atoms with Crippen molar-refractivity contribution in [3.05, 3.63) is 76.5 Å². The number of halogens is 2. The molecule has 0 radical (unpaired) electrons. The molecule has 0 fully saturated rings. The molecule has 0 aliphatic heterocycles. The van der Waals surface area contributed by atoms with E-state index in [1.807, 2.05) is 36.4 Å². The Hall–Kier alpha value is -2.05. The van der Waals surface area contributed by atoms with Gasteiger partial charge >= 0.3 is 0 Å². The second-order valence-corrected chi connectivity index (χ2v) is 6.89. The molecule has 24 heavy (non-hydrogen) atoms. The van der Waals surface area contributed by atoms with Crippen molar-refractivity contribution in [1.82, 2.24) is 10.2 Å². The van der Waals surface area contributed by atoms with Crippen LogP contribution in [0.3, 0.4) is 0 Å². The van der Waals surface area contributed by atoms with Crippen molar-refractivity contribution in [1.29, 1.82) is 0 Å². The van der Waals surface area contributed by atoms with Gasteiger partial charge in [-0.05, 0) is 48.5 Å². The number of carbonyl (C=O) groups is 1. The van der Waals surface area contributed by atoms with Crippen LogP contribution in [-0.4, -0.2) is 21.7 Å². The van der Waals surface area contributed by atoms with E-state index in [1.165, 1.54) is 36.0 Å². The Bertz CT molecular complexity index is 836. The highest BCUT2D eigenvalue weighted by molar-refractivity contribution is 9.10. The van der Waals surface area contributed by atoms with Crippen LogP contribution in [0.1, 0.15) is 10.4 Å². The van der Waals surface area contributed by atoms with Gasteiger partial charge in [-0.1, -0.05) is 39.8 Å². The Kier molecular flexibility index (Phi) is 5.37. The summed E-state index contributed by atoms with van der Waals surface area (Å²) in [5.74, 6) is -0.190. The van der Waals surface area contributed by atoms with Gasteiger partial charge in [0.05, 0.1) is 11.4 Å². The molecule has 2 aromatic carbocycles. The van der Waals surface area contributed by atoms with E-state index in [9.17, 15) is 9.18 Å². The van der Waals surface area contributed by atoms with E-state index >= 15 is 0 Å². The summed E-state index contributed by atoms with van der Waals surface area (Å²) in [6, 6.07) is 17.1. The zero-order valence-electron chi connectivity index (χ0n) is 12.4. The molecule has 1 heterocycles. The van der Waals surface area contributed by atoms with Crippen molar-refractivity contribution >= 4 is 33.5 Å². The molecule has 6 heteroatoms. The molecule has 0 amide bonds. The van der Waals surface area contributed by atoms with Crippen molar-refractivity contribution in [2.75, 3.05) is 5.75 Å². The van der Waals surface area contributed by atoms with Gasteiger partial charge in [0.1, 0.15) is 10.8 Å². The van der Waals surface area contributed by atoms with Gasteiger partial charge < -0.3 is 0 Å². The van der Waals surface area contributed by atoms with Gasteiger partial charge in [-0.15, -0.1) is 10.2 Å². The molecule has 3 nitrogen and oxygen atoms in total. The maximum atomic E-state index is 12.9. The van der Waals surface area contributed by atoms with E-state index in [2.05, 4.69) is 26.1 Å². The molecule has 0 aliphatic carbocycles. The summed E-state index contributed by atoms with van der Waals surface area (Å²) in [5, 5.41) is 9.01. The fraction of sp³-hybridized carbons (Fsp3) is 0.0556. The van der Waals surface area contributed by atoms with Crippen LogP contribution in [-0.2, 0) is 0 Å². The van der Waals surface area contributed by atoms with Crippen molar-refractivity contribution < 1.29 is 9.18 Å². The smallest absolute Gasteiger partial charge is 0.173 e. The summed E-state index contributed by atoms with van der Waals surface area (Å²) in [6.07, 6.45) is 0. The number of carbonyl (C=O) groups excluding carboxylic acids is 1. The first-order valence-electron chi connectivity index (χ1n) is 7.13. The maximum absolute atomic E-state index is 12.9. The first kappa shape index (κ1) is 16.8. The first-order valence-corrected chi connectivity index (χ1v) is 8.91. The second kappa shape index (κ2) is 7.68. The quantitative estimate of drug-likeness (QED) is 0.443. The Morgan fingerprint density at radius 1 is 0.958 bits per heavy atom. The molecule has 0 saturated carbocycles. The highest BCUT2D eigenvalue weighted by Gasteiger charge is 2.08. The lowest BCUT2D eigenvalue weighted by atomic mass is 10.1. The number of nitrogens with zero attached hydrogens (tertiary/aromatic N) is 2. The molecule has 0 saturated heterocycles. The lowest BCUT2D eigenvalue weighted by molar-refractivity contribution is 0.102. The molecule has 0 spiro atoms. The minimum atomic E-state index is -0.353. The first-order chi connectivity index (χ1) is 11.6. The molecule has 0 unspecified atom stereocenters. The average Bonchev–Trinajstić information content (AvgIpc) is 2.61. The number of rotatable bonds is 5. The number of Topliss-reactive ketones (excluding diaryl/α,β-unsaturated/α-hetero) is 1. The Morgan fingerprint density at radius 3 is 2.29 bits per heavy atom. The summed E-state index contributed by atoms with van der Waals surface area (Å²) >= 11 is 4.70. The fourth-order valence-corrected chi connectivity index (χ4v) is 3.00. The van der Waals surface area contributed by atoms with Gasteiger partial charge in [-0.2, -0.15) is 0 Å². The third-order valence-corrected chi connectivity index (χ3v) is 4.75. The molecule has 0 aliphatic rings. The summed E-state index contributed by atoms with van der Waals surface area (Å²) in [7, 11) is 0. The summed E-state index contributed by atoms with van der Waals surface area (Å²) in [6.45, 7) is 0. The Balaban J connectivity index is 1.63. The molecule has 3 aromatic rings. The van der Waals surface area contributed by atoms with E-state index in [0.29, 0.717) is 10.6 Å². The molecular formula is C18H12BrFN2OS. The van der Waals surface area contributed by atoms with Crippen molar-refractivity contribution in [3.63, 3.8) is 0 Å². The molecular weight excluding hydrogens is 391 g/mol. The zero-order chi connectivity index (χ0) is 16.9. The van der Waals surface area contributed by atoms with E-state index in [4.69, 9.17) is 0 Å².